The summed E-state index contributed by atoms with van der Waals surface area (Å²) in [5.74, 6) is 2.08. The van der Waals surface area contributed by atoms with Gasteiger partial charge in [0, 0.05) is 23.5 Å². The van der Waals surface area contributed by atoms with Crippen LogP contribution in [0.3, 0.4) is 0 Å². The third kappa shape index (κ3) is 3.30. The minimum absolute atomic E-state index is 0.176. The lowest BCUT2D eigenvalue weighted by atomic mass is 10.0. The van der Waals surface area contributed by atoms with Crippen molar-refractivity contribution < 1.29 is 9.26 Å². The summed E-state index contributed by atoms with van der Waals surface area (Å²) in [5, 5.41) is 8.91. The predicted octanol–water partition coefficient (Wildman–Crippen LogP) is 4.87. The van der Waals surface area contributed by atoms with Gasteiger partial charge in [0.15, 0.2) is 11.5 Å². The summed E-state index contributed by atoms with van der Waals surface area (Å²) >= 11 is 0. The van der Waals surface area contributed by atoms with E-state index in [1.165, 1.54) is 5.56 Å². The molecular formula is C26H24N6O2. The zero-order valence-corrected chi connectivity index (χ0v) is 19.3. The molecule has 170 valence electrons. The number of methoxy groups -OCH3 is 1. The van der Waals surface area contributed by atoms with E-state index in [2.05, 4.69) is 48.6 Å². The fourth-order valence-corrected chi connectivity index (χ4v) is 4.46. The minimum atomic E-state index is 0.176. The SMILES string of the molecule is COc1ccc2c(c1)-c1c(cnn1Cc1ccccc1)Cc1c(-c3nc(C(C)C)no3)ncn1-2. The van der Waals surface area contributed by atoms with Gasteiger partial charge in [-0.1, -0.05) is 49.3 Å². The Morgan fingerprint density at radius 2 is 1.97 bits per heavy atom. The van der Waals surface area contributed by atoms with Crippen molar-refractivity contribution in [2.24, 2.45) is 0 Å². The number of imidazole rings is 1. The molecule has 8 nitrogen and oxygen atoms in total. The number of benzene rings is 2. The van der Waals surface area contributed by atoms with Gasteiger partial charge in [0.1, 0.15) is 12.1 Å². The van der Waals surface area contributed by atoms with Crippen molar-refractivity contribution in [3.8, 4) is 34.3 Å². The zero-order chi connectivity index (χ0) is 23.2. The van der Waals surface area contributed by atoms with Crippen molar-refractivity contribution in [2.45, 2.75) is 32.7 Å². The van der Waals surface area contributed by atoms with Crippen molar-refractivity contribution in [1.29, 1.82) is 0 Å². The first-order valence-corrected chi connectivity index (χ1v) is 11.3. The quantitative estimate of drug-likeness (QED) is 0.371. The van der Waals surface area contributed by atoms with Gasteiger partial charge in [0.05, 0.1) is 36.9 Å². The Kier molecular flexibility index (Phi) is 4.79. The first-order chi connectivity index (χ1) is 16.6. The monoisotopic (exact) mass is 452 g/mol. The molecule has 0 aliphatic carbocycles. The number of nitrogens with zero attached hydrogens (tertiary/aromatic N) is 6. The molecule has 0 amide bonds. The number of ether oxygens (including phenoxy) is 1. The number of hydrogen-bond donors (Lipinski definition) is 0. The molecular weight excluding hydrogens is 428 g/mol. The maximum absolute atomic E-state index is 5.60. The fourth-order valence-electron chi connectivity index (χ4n) is 4.46. The maximum atomic E-state index is 5.60. The van der Waals surface area contributed by atoms with E-state index in [4.69, 9.17) is 14.4 Å². The second-order valence-corrected chi connectivity index (χ2v) is 8.74. The second-order valence-electron chi connectivity index (χ2n) is 8.74. The van der Waals surface area contributed by atoms with Gasteiger partial charge in [-0.05, 0) is 23.8 Å². The van der Waals surface area contributed by atoms with Crippen LogP contribution in [-0.4, -0.2) is 36.6 Å². The summed E-state index contributed by atoms with van der Waals surface area (Å²) < 4.78 is 15.3. The first kappa shape index (κ1) is 20.4. The first-order valence-electron chi connectivity index (χ1n) is 11.3. The Morgan fingerprint density at radius 3 is 2.74 bits per heavy atom. The Morgan fingerprint density at radius 1 is 1.12 bits per heavy atom. The van der Waals surface area contributed by atoms with Crippen LogP contribution in [0.4, 0.5) is 0 Å². The van der Waals surface area contributed by atoms with Crippen LogP contribution in [0, 0.1) is 0 Å². The normalized spacial score (nSPS) is 12.2. The molecule has 8 heteroatoms. The van der Waals surface area contributed by atoms with Gasteiger partial charge in [-0.15, -0.1) is 0 Å². The fraction of sp³-hybridized carbons (Fsp3) is 0.231. The number of aromatic nitrogens is 6. The Bertz CT molecular complexity index is 1480. The third-order valence-electron chi connectivity index (χ3n) is 6.19. The van der Waals surface area contributed by atoms with Crippen LogP contribution in [0.1, 0.15) is 42.4 Å². The molecule has 5 aromatic rings. The number of rotatable bonds is 5. The van der Waals surface area contributed by atoms with E-state index >= 15 is 0 Å². The van der Waals surface area contributed by atoms with Crippen LogP contribution in [0.25, 0.3) is 28.5 Å². The van der Waals surface area contributed by atoms with Crippen LogP contribution in [-0.2, 0) is 13.0 Å². The van der Waals surface area contributed by atoms with Gasteiger partial charge in [-0.2, -0.15) is 10.1 Å². The van der Waals surface area contributed by atoms with Crippen molar-refractivity contribution >= 4 is 0 Å². The lowest BCUT2D eigenvalue weighted by molar-refractivity contribution is 0.415. The largest absolute Gasteiger partial charge is 0.497 e. The zero-order valence-electron chi connectivity index (χ0n) is 19.3. The molecule has 3 aromatic heterocycles. The summed E-state index contributed by atoms with van der Waals surface area (Å²) in [6, 6.07) is 16.4. The average Bonchev–Trinajstić information content (AvgIpc) is 3.57. The molecule has 1 aliphatic rings. The lowest BCUT2D eigenvalue weighted by Gasteiger charge is -2.14. The van der Waals surface area contributed by atoms with E-state index in [0.717, 1.165) is 34.0 Å². The molecule has 6 rings (SSSR count). The van der Waals surface area contributed by atoms with Crippen LogP contribution >= 0.6 is 0 Å². The Hall–Kier alpha value is -4.20. The molecule has 0 radical (unpaired) electrons. The molecule has 0 unspecified atom stereocenters. The highest BCUT2D eigenvalue weighted by Gasteiger charge is 2.28. The van der Waals surface area contributed by atoms with Crippen molar-refractivity contribution in [2.75, 3.05) is 7.11 Å². The molecule has 0 N–H and O–H groups in total. The predicted molar refractivity (Wildman–Crippen MR) is 127 cm³/mol. The second kappa shape index (κ2) is 7.98. The van der Waals surface area contributed by atoms with Gasteiger partial charge >= 0.3 is 0 Å². The lowest BCUT2D eigenvalue weighted by Crippen LogP contribution is -2.05. The van der Waals surface area contributed by atoms with Gasteiger partial charge in [-0.3, -0.25) is 4.68 Å². The van der Waals surface area contributed by atoms with E-state index in [0.29, 0.717) is 30.4 Å². The molecule has 1 aliphatic heterocycles. The topological polar surface area (TPSA) is 83.8 Å². The highest BCUT2D eigenvalue weighted by Crippen LogP contribution is 2.39. The van der Waals surface area contributed by atoms with E-state index in [9.17, 15) is 0 Å². The molecule has 0 spiro atoms. The van der Waals surface area contributed by atoms with Gasteiger partial charge in [0.2, 0.25) is 0 Å². The smallest absolute Gasteiger partial charge is 0.278 e. The number of hydrogen-bond acceptors (Lipinski definition) is 6. The molecule has 4 heterocycles. The summed E-state index contributed by atoms with van der Waals surface area (Å²) in [4.78, 5) is 9.28. The molecule has 0 atom stereocenters. The molecule has 0 saturated carbocycles. The van der Waals surface area contributed by atoms with E-state index in [1.54, 1.807) is 7.11 Å². The van der Waals surface area contributed by atoms with Crippen LogP contribution in [0.5, 0.6) is 5.75 Å². The number of fused-ring (bicyclic) bond motifs is 5. The highest BCUT2D eigenvalue weighted by atomic mass is 16.5. The van der Waals surface area contributed by atoms with E-state index < -0.39 is 0 Å². The maximum Gasteiger partial charge on any atom is 0.278 e. The van der Waals surface area contributed by atoms with Crippen molar-refractivity contribution in [1.82, 2.24) is 29.5 Å². The van der Waals surface area contributed by atoms with Crippen molar-refractivity contribution in [3.63, 3.8) is 0 Å². The molecule has 0 bridgehead atoms. The van der Waals surface area contributed by atoms with Gasteiger partial charge < -0.3 is 13.8 Å². The summed E-state index contributed by atoms with van der Waals surface area (Å²) in [6.45, 7) is 4.76. The minimum Gasteiger partial charge on any atom is -0.497 e. The van der Waals surface area contributed by atoms with Crippen LogP contribution in [0.15, 0.2) is 65.6 Å². The third-order valence-corrected chi connectivity index (χ3v) is 6.19. The summed E-state index contributed by atoms with van der Waals surface area (Å²) in [6.07, 6.45) is 4.41. The standard InChI is InChI=1S/C26H24N6O2/c1-16(2)25-29-26(34-30-25)23-22-11-18-13-28-32(14-17-7-5-4-6-8-17)24(18)20-12-19(33-3)9-10-21(20)31(22)15-27-23/h4-10,12-13,15-16H,11,14H2,1-3H3. The Labute approximate surface area is 196 Å². The molecule has 2 aromatic carbocycles. The molecule has 0 fully saturated rings. The summed E-state index contributed by atoms with van der Waals surface area (Å²) in [7, 11) is 1.68. The van der Waals surface area contributed by atoms with Gasteiger partial charge in [-0.25, -0.2) is 4.98 Å². The van der Waals surface area contributed by atoms with E-state index in [-0.39, 0.29) is 5.92 Å². The molecule has 0 saturated heterocycles. The Balaban J connectivity index is 1.53. The average molecular weight is 453 g/mol. The molecule has 34 heavy (non-hydrogen) atoms. The van der Waals surface area contributed by atoms with E-state index in [1.807, 2.05) is 50.6 Å². The summed E-state index contributed by atoms with van der Waals surface area (Å²) in [5.41, 5.74) is 7.10. The van der Waals surface area contributed by atoms with Crippen LogP contribution in [0.2, 0.25) is 0 Å². The van der Waals surface area contributed by atoms with Gasteiger partial charge in [0.25, 0.3) is 5.89 Å². The van der Waals surface area contributed by atoms with Crippen LogP contribution < -0.4 is 4.74 Å². The van der Waals surface area contributed by atoms with Crippen molar-refractivity contribution in [3.05, 3.63) is 83.7 Å². The highest BCUT2D eigenvalue weighted by molar-refractivity contribution is 5.77.